The summed E-state index contributed by atoms with van der Waals surface area (Å²) in [4.78, 5) is 24.2. The van der Waals surface area contributed by atoms with E-state index >= 15 is 0 Å². The zero-order valence-electron chi connectivity index (χ0n) is 29.8. The second kappa shape index (κ2) is 17.0. The van der Waals surface area contributed by atoms with Gasteiger partial charge in [-0.05, 0) is 74.5 Å². The molecule has 0 amide bonds. The molecule has 0 spiro atoms. The Hall–Kier alpha value is -6.02. The Morgan fingerprint density at radius 2 is 0.906 bits per heavy atom. The van der Waals surface area contributed by atoms with Crippen molar-refractivity contribution in [1.29, 1.82) is 0 Å². The molecular formula is C38H40Cl2N8O5. The van der Waals surface area contributed by atoms with Crippen molar-refractivity contribution in [3.63, 3.8) is 0 Å². The predicted octanol–water partition coefficient (Wildman–Crippen LogP) is 8.38. The van der Waals surface area contributed by atoms with Gasteiger partial charge in [0.2, 0.25) is 0 Å². The van der Waals surface area contributed by atoms with E-state index in [1.165, 1.54) is 0 Å². The van der Waals surface area contributed by atoms with Gasteiger partial charge in [-0.3, -0.25) is 0 Å². The SMILES string of the molecule is COc1ccc(OC)c(Nc2cc(C)[nH]c3ccc4ncnc4c23)c1.COc1ccc(OC)c(Nc2cc(C)[nH]c3ccc4ncnc4c23)c1.Cl.Cl.O. The fraction of sp³-hybridized carbons (Fsp3) is 0.158. The lowest BCUT2D eigenvalue weighted by molar-refractivity contribution is 0.405. The van der Waals surface area contributed by atoms with Crippen molar-refractivity contribution in [2.75, 3.05) is 39.1 Å². The van der Waals surface area contributed by atoms with Crippen LogP contribution in [0.2, 0.25) is 0 Å². The number of halogens is 2. The maximum atomic E-state index is 5.48. The van der Waals surface area contributed by atoms with Crippen LogP contribution in [0.15, 0.2) is 85.5 Å². The Bertz CT molecular complexity index is 2330. The number of ether oxygens (including phenoxy) is 4. The molecule has 0 aliphatic rings. The molecule has 0 unspecified atom stereocenters. The van der Waals surface area contributed by atoms with Crippen LogP contribution in [-0.2, 0) is 0 Å². The summed E-state index contributed by atoms with van der Waals surface area (Å²) in [6.45, 7) is 4.04. The van der Waals surface area contributed by atoms with E-state index in [-0.39, 0.29) is 30.3 Å². The molecule has 0 aliphatic carbocycles. The zero-order valence-corrected chi connectivity index (χ0v) is 31.5. The number of hydrogen-bond donors (Lipinski definition) is 4. The molecular weight excluding hydrogens is 719 g/mol. The molecule has 276 valence electrons. The van der Waals surface area contributed by atoms with E-state index in [2.05, 4.69) is 52.7 Å². The molecule has 15 heteroatoms. The van der Waals surface area contributed by atoms with Gasteiger partial charge in [-0.1, -0.05) is 0 Å². The number of nitrogens with zero attached hydrogens (tertiary/aromatic N) is 4. The largest absolute Gasteiger partial charge is 0.497 e. The highest BCUT2D eigenvalue weighted by Gasteiger charge is 2.14. The van der Waals surface area contributed by atoms with Crippen molar-refractivity contribution in [2.45, 2.75) is 13.8 Å². The normalized spacial score (nSPS) is 10.4. The Morgan fingerprint density at radius 1 is 0.491 bits per heavy atom. The maximum absolute atomic E-state index is 5.48. The van der Waals surface area contributed by atoms with Gasteiger partial charge in [-0.25, -0.2) is 19.9 Å². The summed E-state index contributed by atoms with van der Waals surface area (Å²) in [5.41, 5.74) is 11.0. The van der Waals surface area contributed by atoms with Gasteiger partial charge < -0.3 is 45.0 Å². The van der Waals surface area contributed by atoms with Crippen LogP contribution in [0.25, 0.3) is 43.9 Å². The fourth-order valence-electron chi connectivity index (χ4n) is 6.07. The van der Waals surface area contributed by atoms with Crippen molar-refractivity contribution in [3.8, 4) is 23.0 Å². The first kappa shape index (κ1) is 39.8. The summed E-state index contributed by atoms with van der Waals surface area (Å²) < 4.78 is 21.6. The van der Waals surface area contributed by atoms with Gasteiger partial charge in [-0.2, -0.15) is 0 Å². The van der Waals surface area contributed by atoms with Crippen LogP contribution in [0.4, 0.5) is 22.7 Å². The number of benzene rings is 4. The number of aryl methyl sites for hydroxylation is 2. The number of H-pyrrole nitrogens is 2. The quantitative estimate of drug-likeness (QED) is 0.118. The molecule has 13 nitrogen and oxygen atoms in total. The number of hydrogen-bond acceptors (Lipinski definition) is 10. The van der Waals surface area contributed by atoms with Crippen LogP contribution in [0.5, 0.6) is 23.0 Å². The van der Waals surface area contributed by atoms with Crippen LogP contribution in [0.1, 0.15) is 11.4 Å². The molecule has 4 aromatic heterocycles. The highest BCUT2D eigenvalue weighted by molar-refractivity contribution is 6.11. The van der Waals surface area contributed by atoms with Crippen LogP contribution in [-0.4, -0.2) is 63.8 Å². The van der Waals surface area contributed by atoms with Gasteiger partial charge >= 0.3 is 0 Å². The first-order chi connectivity index (χ1) is 24.4. The molecule has 0 aliphatic heterocycles. The summed E-state index contributed by atoms with van der Waals surface area (Å²) in [7, 11) is 6.59. The number of rotatable bonds is 8. The molecule has 0 fully saturated rings. The summed E-state index contributed by atoms with van der Waals surface area (Å²) in [5.74, 6) is 2.98. The number of methoxy groups -OCH3 is 4. The molecule has 0 saturated heterocycles. The number of nitrogens with one attached hydrogen (secondary N) is 4. The van der Waals surface area contributed by atoms with Crippen LogP contribution >= 0.6 is 24.8 Å². The molecule has 4 heterocycles. The summed E-state index contributed by atoms with van der Waals surface area (Å²) in [6, 6.07) is 23.4. The minimum absolute atomic E-state index is 0. The summed E-state index contributed by atoms with van der Waals surface area (Å²) in [6.07, 6.45) is 3.17. The average molecular weight is 760 g/mol. The Labute approximate surface area is 317 Å². The van der Waals surface area contributed by atoms with E-state index in [1.807, 2.05) is 74.5 Å². The van der Waals surface area contributed by atoms with Crippen molar-refractivity contribution >= 4 is 91.4 Å². The van der Waals surface area contributed by atoms with Crippen molar-refractivity contribution < 1.29 is 24.4 Å². The van der Waals surface area contributed by atoms with E-state index < -0.39 is 0 Å². The molecule has 8 rings (SSSR count). The second-order valence-corrected chi connectivity index (χ2v) is 11.6. The molecule has 8 aromatic rings. The minimum Gasteiger partial charge on any atom is -0.497 e. The van der Waals surface area contributed by atoms with Crippen LogP contribution in [0, 0.1) is 13.8 Å². The summed E-state index contributed by atoms with van der Waals surface area (Å²) in [5, 5.41) is 8.92. The highest BCUT2D eigenvalue weighted by atomic mass is 35.5. The highest BCUT2D eigenvalue weighted by Crippen LogP contribution is 2.38. The molecule has 6 N–H and O–H groups in total. The minimum atomic E-state index is 0. The Balaban J connectivity index is 0.000000224. The number of aromatic nitrogens is 6. The lowest BCUT2D eigenvalue weighted by atomic mass is 10.1. The lowest BCUT2D eigenvalue weighted by Crippen LogP contribution is -1.98. The topological polar surface area (TPSA) is 176 Å². The zero-order chi connectivity index (χ0) is 34.8. The maximum Gasteiger partial charge on any atom is 0.142 e. The van der Waals surface area contributed by atoms with Gasteiger partial charge in [0, 0.05) is 45.3 Å². The van der Waals surface area contributed by atoms with Gasteiger partial charge in [0.05, 0.1) is 62.2 Å². The standard InChI is InChI=1S/2C19H18N4O2.2ClH.H2O/c2*1-11-8-16(23-15-9-12(24-2)4-7-17(15)25-3)18-13(22-11)5-6-14-19(18)21-10-20-14;;;/h2*4-10,22-23H,1-3H3;2*1H;1H2. The van der Waals surface area contributed by atoms with E-state index in [4.69, 9.17) is 18.9 Å². The van der Waals surface area contributed by atoms with Gasteiger partial charge in [0.15, 0.2) is 0 Å². The first-order valence-corrected chi connectivity index (χ1v) is 15.8. The van der Waals surface area contributed by atoms with E-state index in [1.54, 1.807) is 41.1 Å². The Kier molecular flexibility index (Phi) is 12.8. The van der Waals surface area contributed by atoms with Crippen molar-refractivity contribution in [1.82, 2.24) is 29.9 Å². The first-order valence-electron chi connectivity index (χ1n) is 15.8. The van der Waals surface area contributed by atoms with Gasteiger partial charge in [0.25, 0.3) is 0 Å². The molecule has 0 saturated carbocycles. The van der Waals surface area contributed by atoms with E-state index in [0.29, 0.717) is 0 Å². The monoisotopic (exact) mass is 758 g/mol. The second-order valence-electron chi connectivity index (χ2n) is 11.6. The predicted molar refractivity (Wildman–Crippen MR) is 216 cm³/mol. The fourth-order valence-corrected chi connectivity index (χ4v) is 6.07. The van der Waals surface area contributed by atoms with Gasteiger partial charge in [0.1, 0.15) is 46.7 Å². The average Bonchev–Trinajstić information content (AvgIpc) is 3.81. The number of pyridine rings is 2. The number of anilines is 4. The van der Waals surface area contributed by atoms with E-state index in [0.717, 1.165) is 101 Å². The van der Waals surface area contributed by atoms with Crippen LogP contribution < -0.4 is 29.6 Å². The number of imidazole rings is 2. The molecule has 4 aromatic carbocycles. The molecule has 0 radical (unpaired) electrons. The third-order valence-corrected chi connectivity index (χ3v) is 8.36. The summed E-state index contributed by atoms with van der Waals surface area (Å²) >= 11 is 0. The van der Waals surface area contributed by atoms with Gasteiger partial charge in [-0.15, -0.1) is 24.8 Å². The molecule has 0 atom stereocenters. The third-order valence-electron chi connectivity index (χ3n) is 8.36. The molecule has 53 heavy (non-hydrogen) atoms. The van der Waals surface area contributed by atoms with Crippen molar-refractivity contribution in [3.05, 3.63) is 96.8 Å². The van der Waals surface area contributed by atoms with Crippen molar-refractivity contribution in [2.24, 2.45) is 0 Å². The van der Waals surface area contributed by atoms with E-state index in [9.17, 15) is 0 Å². The Morgan fingerprint density at radius 3 is 1.28 bits per heavy atom. The van der Waals surface area contributed by atoms with Crippen LogP contribution in [0.3, 0.4) is 0 Å². The number of fused-ring (bicyclic) bond motifs is 6. The third kappa shape index (κ3) is 7.92. The number of aromatic amines is 2. The lowest BCUT2D eigenvalue weighted by Gasteiger charge is -2.15. The smallest absolute Gasteiger partial charge is 0.142 e. The molecule has 0 bridgehead atoms.